The summed E-state index contributed by atoms with van der Waals surface area (Å²) in [7, 11) is 3.43. The Labute approximate surface area is 173 Å². The van der Waals surface area contributed by atoms with Crippen molar-refractivity contribution in [3.05, 3.63) is 89.1 Å². The number of hydrogen-bond donors (Lipinski definition) is 1. The fourth-order valence-corrected chi connectivity index (χ4v) is 4.09. The van der Waals surface area contributed by atoms with Crippen LogP contribution in [0.15, 0.2) is 82.9 Å². The SMILES string of the molecule is COc1ccc(-c2cn(C)c(=O)c3cnccc23)cc1SNCc1ccccc1. The molecule has 0 spiro atoms. The second-order valence-electron chi connectivity index (χ2n) is 6.65. The summed E-state index contributed by atoms with van der Waals surface area (Å²) < 4.78 is 10.5. The molecule has 2 aromatic carbocycles. The molecule has 2 aromatic heterocycles. The number of fused-ring (bicyclic) bond motifs is 1. The summed E-state index contributed by atoms with van der Waals surface area (Å²) in [5.74, 6) is 0.801. The van der Waals surface area contributed by atoms with Gasteiger partial charge in [0.15, 0.2) is 0 Å². The molecule has 0 radical (unpaired) electrons. The fourth-order valence-electron chi connectivity index (χ4n) is 3.26. The minimum absolute atomic E-state index is 0.0514. The highest BCUT2D eigenvalue weighted by Crippen LogP contribution is 2.34. The van der Waals surface area contributed by atoms with E-state index in [1.807, 2.05) is 42.6 Å². The maximum absolute atomic E-state index is 12.4. The summed E-state index contributed by atoms with van der Waals surface area (Å²) in [4.78, 5) is 17.5. The standard InChI is InChI=1S/C23H21N3O2S/c1-26-15-20(18-10-11-24-14-19(18)23(26)27)17-8-9-21(28-2)22(12-17)29-25-13-16-6-4-3-5-7-16/h3-12,14-15,25H,13H2,1-2H3. The molecule has 0 aliphatic rings. The average Bonchev–Trinajstić information content (AvgIpc) is 2.77. The van der Waals surface area contributed by atoms with Crippen LogP contribution in [0.4, 0.5) is 0 Å². The molecule has 0 amide bonds. The molecule has 0 fully saturated rings. The number of hydrogen-bond acceptors (Lipinski definition) is 5. The van der Waals surface area contributed by atoms with E-state index >= 15 is 0 Å². The summed E-state index contributed by atoms with van der Waals surface area (Å²) in [6.07, 6.45) is 5.21. The molecular formula is C23H21N3O2S. The van der Waals surface area contributed by atoms with Crippen molar-refractivity contribution in [2.45, 2.75) is 11.4 Å². The van der Waals surface area contributed by atoms with E-state index in [2.05, 4.69) is 27.9 Å². The molecule has 1 N–H and O–H groups in total. The monoisotopic (exact) mass is 403 g/mol. The van der Waals surface area contributed by atoms with Crippen LogP contribution < -0.4 is 15.0 Å². The van der Waals surface area contributed by atoms with Crippen LogP contribution >= 0.6 is 11.9 Å². The van der Waals surface area contributed by atoms with Crippen molar-refractivity contribution >= 4 is 22.7 Å². The van der Waals surface area contributed by atoms with Crippen molar-refractivity contribution in [1.82, 2.24) is 14.3 Å². The lowest BCUT2D eigenvalue weighted by Gasteiger charge is -2.13. The van der Waals surface area contributed by atoms with E-state index in [0.717, 1.165) is 33.7 Å². The second kappa shape index (κ2) is 8.51. The highest BCUT2D eigenvalue weighted by atomic mass is 32.2. The Morgan fingerprint density at radius 2 is 1.93 bits per heavy atom. The quantitative estimate of drug-likeness (QED) is 0.484. The summed E-state index contributed by atoms with van der Waals surface area (Å²) in [5.41, 5.74) is 3.16. The van der Waals surface area contributed by atoms with Crippen LogP contribution in [0.5, 0.6) is 5.75 Å². The minimum Gasteiger partial charge on any atom is -0.496 e. The number of methoxy groups -OCH3 is 1. The number of nitrogens with one attached hydrogen (secondary N) is 1. The van der Waals surface area contributed by atoms with Gasteiger partial charge in [0.05, 0.1) is 17.4 Å². The van der Waals surface area contributed by atoms with Crippen LogP contribution in [-0.2, 0) is 13.6 Å². The first-order valence-corrected chi connectivity index (χ1v) is 10.0. The molecule has 0 saturated heterocycles. The molecule has 6 heteroatoms. The summed E-state index contributed by atoms with van der Waals surface area (Å²) in [6.45, 7) is 0.743. The number of benzene rings is 2. The molecule has 0 atom stereocenters. The Kier molecular flexibility index (Phi) is 5.64. The first-order chi connectivity index (χ1) is 14.2. The van der Waals surface area contributed by atoms with Gasteiger partial charge in [-0.25, -0.2) is 0 Å². The zero-order valence-electron chi connectivity index (χ0n) is 16.3. The third-order valence-electron chi connectivity index (χ3n) is 4.76. The number of rotatable bonds is 6. The molecule has 5 nitrogen and oxygen atoms in total. The maximum Gasteiger partial charge on any atom is 0.259 e. The van der Waals surface area contributed by atoms with Crippen molar-refractivity contribution < 1.29 is 4.74 Å². The van der Waals surface area contributed by atoms with E-state index < -0.39 is 0 Å². The zero-order valence-corrected chi connectivity index (χ0v) is 17.1. The van der Waals surface area contributed by atoms with Crippen molar-refractivity contribution in [1.29, 1.82) is 0 Å². The third kappa shape index (κ3) is 4.04. The van der Waals surface area contributed by atoms with Crippen LogP contribution in [0.3, 0.4) is 0 Å². The Bertz CT molecular complexity index is 1210. The first kappa shape index (κ1) is 19.2. The summed E-state index contributed by atoms with van der Waals surface area (Å²) in [5, 5.41) is 1.50. The van der Waals surface area contributed by atoms with Gasteiger partial charge in [0, 0.05) is 37.7 Å². The summed E-state index contributed by atoms with van der Waals surface area (Å²) in [6, 6.07) is 18.2. The Morgan fingerprint density at radius 1 is 1.10 bits per heavy atom. The lowest BCUT2D eigenvalue weighted by molar-refractivity contribution is 0.405. The molecule has 4 rings (SSSR count). The summed E-state index contributed by atoms with van der Waals surface area (Å²) >= 11 is 1.53. The van der Waals surface area contributed by atoms with Crippen LogP contribution in [0.2, 0.25) is 0 Å². The van der Waals surface area contributed by atoms with Gasteiger partial charge < -0.3 is 9.30 Å². The van der Waals surface area contributed by atoms with Gasteiger partial charge >= 0.3 is 0 Å². The average molecular weight is 404 g/mol. The molecule has 2 heterocycles. The Morgan fingerprint density at radius 3 is 2.72 bits per heavy atom. The fraction of sp³-hybridized carbons (Fsp3) is 0.130. The molecule has 0 bridgehead atoms. The van der Waals surface area contributed by atoms with Gasteiger partial charge in [0.1, 0.15) is 5.75 Å². The predicted molar refractivity (Wildman–Crippen MR) is 118 cm³/mol. The number of pyridine rings is 2. The number of nitrogens with zero attached hydrogens (tertiary/aromatic N) is 2. The molecule has 0 aliphatic carbocycles. The number of aromatic nitrogens is 2. The van der Waals surface area contributed by atoms with Gasteiger partial charge in [-0.2, -0.15) is 0 Å². The van der Waals surface area contributed by atoms with Gasteiger partial charge in [-0.05, 0) is 46.7 Å². The van der Waals surface area contributed by atoms with Crippen LogP contribution in [0.25, 0.3) is 21.9 Å². The van der Waals surface area contributed by atoms with E-state index in [0.29, 0.717) is 5.39 Å². The minimum atomic E-state index is -0.0514. The molecule has 0 saturated carbocycles. The van der Waals surface area contributed by atoms with Crippen LogP contribution in [0.1, 0.15) is 5.56 Å². The van der Waals surface area contributed by atoms with Crippen molar-refractivity contribution in [3.8, 4) is 16.9 Å². The number of ether oxygens (including phenoxy) is 1. The van der Waals surface area contributed by atoms with Gasteiger partial charge in [-0.3, -0.25) is 14.5 Å². The van der Waals surface area contributed by atoms with E-state index in [1.54, 1.807) is 31.1 Å². The van der Waals surface area contributed by atoms with Crippen LogP contribution in [0, 0.1) is 0 Å². The highest BCUT2D eigenvalue weighted by molar-refractivity contribution is 7.97. The second-order valence-corrected chi connectivity index (χ2v) is 7.59. The number of aryl methyl sites for hydroxylation is 1. The third-order valence-corrected chi connectivity index (χ3v) is 5.59. The van der Waals surface area contributed by atoms with Crippen molar-refractivity contribution in [2.75, 3.05) is 7.11 Å². The van der Waals surface area contributed by atoms with Crippen molar-refractivity contribution in [3.63, 3.8) is 0 Å². The molecule has 0 aliphatic heterocycles. The Hall–Kier alpha value is -3.09. The molecule has 29 heavy (non-hydrogen) atoms. The molecule has 4 aromatic rings. The molecule has 0 unspecified atom stereocenters. The maximum atomic E-state index is 12.4. The van der Waals surface area contributed by atoms with E-state index in [4.69, 9.17) is 4.74 Å². The topological polar surface area (TPSA) is 56.2 Å². The predicted octanol–water partition coefficient (Wildman–Crippen LogP) is 4.41. The van der Waals surface area contributed by atoms with Gasteiger partial charge in [-0.15, -0.1) is 0 Å². The lowest BCUT2D eigenvalue weighted by atomic mass is 10.0. The first-order valence-electron chi connectivity index (χ1n) is 9.23. The molecular weight excluding hydrogens is 382 g/mol. The normalized spacial score (nSPS) is 11.0. The van der Waals surface area contributed by atoms with Gasteiger partial charge in [-0.1, -0.05) is 36.4 Å². The van der Waals surface area contributed by atoms with E-state index in [1.165, 1.54) is 17.5 Å². The van der Waals surface area contributed by atoms with Gasteiger partial charge in [0.25, 0.3) is 5.56 Å². The molecule has 146 valence electrons. The smallest absolute Gasteiger partial charge is 0.259 e. The lowest BCUT2D eigenvalue weighted by Crippen LogP contribution is -2.16. The van der Waals surface area contributed by atoms with Crippen molar-refractivity contribution in [2.24, 2.45) is 7.05 Å². The van der Waals surface area contributed by atoms with Gasteiger partial charge in [0.2, 0.25) is 0 Å². The van der Waals surface area contributed by atoms with E-state index in [9.17, 15) is 4.79 Å². The zero-order chi connectivity index (χ0) is 20.2. The Balaban J connectivity index is 1.69. The largest absolute Gasteiger partial charge is 0.496 e. The van der Waals surface area contributed by atoms with E-state index in [-0.39, 0.29) is 5.56 Å². The van der Waals surface area contributed by atoms with Crippen LogP contribution in [-0.4, -0.2) is 16.7 Å². The highest BCUT2D eigenvalue weighted by Gasteiger charge is 2.12.